The van der Waals surface area contributed by atoms with E-state index in [-0.39, 0.29) is 23.3 Å². The third kappa shape index (κ3) is 4.07. The third-order valence-electron chi connectivity index (χ3n) is 3.01. The van der Waals surface area contributed by atoms with Crippen molar-refractivity contribution in [2.24, 2.45) is 5.73 Å². The molecule has 0 aliphatic carbocycles. The Labute approximate surface area is 121 Å². The van der Waals surface area contributed by atoms with E-state index in [1.807, 2.05) is 0 Å². The average molecular weight is 304 g/mol. The maximum atomic E-state index is 12.8. The minimum absolute atomic E-state index is 0.0457. The van der Waals surface area contributed by atoms with Gasteiger partial charge in [-0.3, -0.25) is 5.41 Å². The fourth-order valence-corrected chi connectivity index (χ4v) is 2.04. The second-order valence-corrected chi connectivity index (χ2v) is 4.57. The summed E-state index contributed by atoms with van der Waals surface area (Å²) in [7, 11) is 1.51. The van der Waals surface area contributed by atoms with Crippen LogP contribution in [0, 0.1) is 5.41 Å². The molecule has 1 rings (SSSR count). The normalized spacial score (nSPS) is 13.0. The van der Waals surface area contributed by atoms with Crippen LogP contribution in [-0.4, -0.2) is 37.1 Å². The fraction of sp³-hybridized carbons (Fsp3) is 0.538. The highest BCUT2D eigenvalue weighted by Gasteiger charge is 2.34. The zero-order valence-corrected chi connectivity index (χ0v) is 12.2. The van der Waals surface area contributed by atoms with Crippen LogP contribution >= 0.6 is 0 Å². The van der Waals surface area contributed by atoms with Gasteiger partial charge in [0.1, 0.15) is 17.3 Å². The quantitative estimate of drug-likeness (QED) is 0.624. The monoisotopic (exact) mass is 304 g/mol. The fourth-order valence-electron chi connectivity index (χ4n) is 2.04. The lowest BCUT2D eigenvalue weighted by Gasteiger charge is -2.30. The molecule has 0 bridgehead atoms. The number of hydrogen-bond donors (Lipinski definition) is 2. The Morgan fingerprint density at radius 3 is 2.52 bits per heavy atom. The van der Waals surface area contributed by atoms with Crippen LogP contribution in [0.3, 0.4) is 0 Å². The Bertz CT molecular complexity index is 505. The van der Waals surface area contributed by atoms with Gasteiger partial charge in [-0.05, 0) is 26.0 Å². The number of halogens is 3. The van der Waals surface area contributed by atoms with Crippen molar-refractivity contribution in [2.45, 2.75) is 26.1 Å². The van der Waals surface area contributed by atoms with E-state index in [2.05, 4.69) is 4.98 Å². The lowest BCUT2D eigenvalue weighted by atomic mass is 10.1. The van der Waals surface area contributed by atoms with Gasteiger partial charge in [0.15, 0.2) is 0 Å². The van der Waals surface area contributed by atoms with Crippen molar-refractivity contribution < 1.29 is 17.9 Å². The number of nitrogen functional groups attached to an aromatic ring is 1. The number of nitrogens with one attached hydrogen (secondary N) is 1. The van der Waals surface area contributed by atoms with Crippen LogP contribution in [0.1, 0.15) is 25.1 Å². The zero-order valence-electron chi connectivity index (χ0n) is 12.2. The molecule has 5 nitrogen and oxygen atoms in total. The maximum Gasteiger partial charge on any atom is 0.433 e. The van der Waals surface area contributed by atoms with E-state index in [0.717, 1.165) is 6.07 Å². The summed E-state index contributed by atoms with van der Waals surface area (Å²) in [6.07, 6.45) is -4.55. The van der Waals surface area contributed by atoms with Crippen LogP contribution in [0.2, 0.25) is 0 Å². The summed E-state index contributed by atoms with van der Waals surface area (Å²) in [5.74, 6) is -0.279. The molecular weight excluding hydrogens is 285 g/mol. The lowest BCUT2D eigenvalue weighted by molar-refractivity contribution is -0.141. The molecule has 0 spiro atoms. The molecule has 1 atom stereocenters. The van der Waals surface area contributed by atoms with Crippen LogP contribution in [0.25, 0.3) is 0 Å². The largest absolute Gasteiger partial charge is 0.433 e. The average Bonchev–Trinajstić information content (AvgIpc) is 2.38. The summed E-state index contributed by atoms with van der Waals surface area (Å²) < 4.78 is 43.5. The van der Waals surface area contributed by atoms with Crippen molar-refractivity contribution in [1.29, 1.82) is 5.41 Å². The molecule has 0 saturated heterocycles. The molecule has 1 unspecified atom stereocenters. The first-order valence-electron chi connectivity index (χ1n) is 6.40. The Morgan fingerprint density at radius 1 is 1.48 bits per heavy atom. The number of rotatable bonds is 6. The van der Waals surface area contributed by atoms with Crippen molar-refractivity contribution in [3.05, 3.63) is 23.4 Å². The van der Waals surface area contributed by atoms with Gasteiger partial charge in [0.05, 0.1) is 18.2 Å². The second kappa shape index (κ2) is 6.75. The van der Waals surface area contributed by atoms with Gasteiger partial charge in [-0.2, -0.15) is 13.2 Å². The second-order valence-electron chi connectivity index (χ2n) is 4.57. The molecule has 0 aromatic carbocycles. The van der Waals surface area contributed by atoms with E-state index in [9.17, 15) is 13.2 Å². The molecule has 8 heteroatoms. The predicted molar refractivity (Wildman–Crippen MR) is 74.6 cm³/mol. The van der Waals surface area contributed by atoms with Crippen LogP contribution in [0.5, 0.6) is 0 Å². The van der Waals surface area contributed by atoms with Gasteiger partial charge >= 0.3 is 6.18 Å². The van der Waals surface area contributed by atoms with E-state index in [1.165, 1.54) is 13.2 Å². The summed E-state index contributed by atoms with van der Waals surface area (Å²) in [6.45, 7) is 4.33. The molecular formula is C13H19F3N4O. The molecule has 0 radical (unpaired) electrons. The van der Waals surface area contributed by atoms with Gasteiger partial charge in [-0.15, -0.1) is 0 Å². The number of methoxy groups -OCH3 is 1. The van der Waals surface area contributed by atoms with Crippen LogP contribution in [0.4, 0.5) is 19.0 Å². The van der Waals surface area contributed by atoms with Gasteiger partial charge < -0.3 is 15.4 Å². The van der Waals surface area contributed by atoms with Crippen molar-refractivity contribution in [3.63, 3.8) is 0 Å². The van der Waals surface area contributed by atoms with Gasteiger partial charge in [-0.25, -0.2) is 4.98 Å². The molecule has 0 amide bonds. The number of hydrogen-bond acceptors (Lipinski definition) is 4. The minimum Gasteiger partial charge on any atom is -0.384 e. The Hall–Kier alpha value is -1.83. The Kier molecular flexibility index (Phi) is 5.54. The topological polar surface area (TPSA) is 75.2 Å². The van der Waals surface area contributed by atoms with Gasteiger partial charge in [0.2, 0.25) is 0 Å². The van der Waals surface area contributed by atoms with Crippen molar-refractivity contribution in [1.82, 2.24) is 4.98 Å². The summed E-state index contributed by atoms with van der Waals surface area (Å²) >= 11 is 0. The highest BCUT2D eigenvalue weighted by molar-refractivity contribution is 5.99. The number of amidine groups is 1. The third-order valence-corrected chi connectivity index (χ3v) is 3.01. The Morgan fingerprint density at radius 2 is 2.10 bits per heavy atom. The summed E-state index contributed by atoms with van der Waals surface area (Å²) in [4.78, 5) is 5.30. The van der Waals surface area contributed by atoms with E-state index in [1.54, 1.807) is 18.7 Å². The van der Waals surface area contributed by atoms with Gasteiger partial charge in [0.25, 0.3) is 0 Å². The molecule has 0 aliphatic rings. The molecule has 21 heavy (non-hydrogen) atoms. The molecule has 0 fully saturated rings. The van der Waals surface area contributed by atoms with Crippen LogP contribution in [-0.2, 0) is 10.9 Å². The lowest BCUT2D eigenvalue weighted by Crippen LogP contribution is -2.38. The SMILES string of the molecule is CCN(c1nc(C(F)(F)F)ccc1C(=N)N)C(C)COC. The highest BCUT2D eigenvalue weighted by Crippen LogP contribution is 2.31. The predicted octanol–water partition coefficient (Wildman–Crippen LogP) is 2.25. The van der Waals surface area contributed by atoms with E-state index >= 15 is 0 Å². The first-order valence-corrected chi connectivity index (χ1v) is 6.40. The summed E-state index contributed by atoms with van der Waals surface area (Å²) in [5.41, 5.74) is 4.61. The number of pyridine rings is 1. The van der Waals surface area contributed by atoms with Crippen molar-refractivity contribution in [2.75, 3.05) is 25.2 Å². The molecule has 1 aromatic rings. The maximum absolute atomic E-state index is 12.8. The van der Waals surface area contributed by atoms with Crippen molar-refractivity contribution >= 4 is 11.7 Å². The minimum atomic E-state index is -4.55. The number of ether oxygens (including phenoxy) is 1. The number of anilines is 1. The van der Waals surface area contributed by atoms with Crippen molar-refractivity contribution in [3.8, 4) is 0 Å². The molecule has 1 heterocycles. The van der Waals surface area contributed by atoms with Gasteiger partial charge in [0, 0.05) is 13.7 Å². The standard InChI is InChI=1S/C13H19F3N4O/c1-4-20(8(2)7-21-3)12-9(11(17)18)5-6-10(19-12)13(14,15)16/h5-6,8H,4,7H2,1-3H3,(H3,17,18). The number of alkyl halides is 3. The van der Waals surface area contributed by atoms with E-state index in [0.29, 0.717) is 13.2 Å². The van der Waals surface area contributed by atoms with E-state index < -0.39 is 11.9 Å². The number of nitrogens with zero attached hydrogens (tertiary/aromatic N) is 2. The van der Waals surface area contributed by atoms with Gasteiger partial charge in [-0.1, -0.05) is 0 Å². The molecule has 1 aromatic heterocycles. The summed E-state index contributed by atoms with van der Waals surface area (Å²) in [5, 5.41) is 7.51. The summed E-state index contributed by atoms with van der Waals surface area (Å²) in [6, 6.07) is 1.80. The van der Waals surface area contributed by atoms with E-state index in [4.69, 9.17) is 15.9 Å². The number of likely N-dealkylation sites (N-methyl/N-ethyl adjacent to an activating group) is 1. The Balaban J connectivity index is 3.37. The molecule has 0 aliphatic heterocycles. The van der Waals surface area contributed by atoms with Crippen LogP contribution < -0.4 is 10.6 Å². The first kappa shape index (κ1) is 17.2. The molecule has 118 valence electrons. The molecule has 3 N–H and O–H groups in total. The molecule has 0 saturated carbocycles. The number of aromatic nitrogens is 1. The smallest absolute Gasteiger partial charge is 0.384 e. The highest BCUT2D eigenvalue weighted by atomic mass is 19.4. The number of nitrogens with two attached hydrogens (primary N) is 1. The van der Waals surface area contributed by atoms with Crippen LogP contribution in [0.15, 0.2) is 12.1 Å². The first-order chi connectivity index (χ1) is 9.72. The zero-order chi connectivity index (χ0) is 16.2.